The fourth-order valence-electron chi connectivity index (χ4n) is 2.25. The summed E-state index contributed by atoms with van der Waals surface area (Å²) in [5, 5.41) is 11.6. The zero-order valence-corrected chi connectivity index (χ0v) is 12.8. The van der Waals surface area contributed by atoms with Crippen molar-refractivity contribution in [3.05, 3.63) is 46.7 Å². The van der Waals surface area contributed by atoms with E-state index in [9.17, 15) is 21.9 Å². The van der Waals surface area contributed by atoms with E-state index in [1.54, 1.807) is 0 Å². The van der Waals surface area contributed by atoms with Gasteiger partial charge in [-0.3, -0.25) is 0 Å². The Bertz CT molecular complexity index is 847. The van der Waals surface area contributed by atoms with E-state index in [4.69, 9.17) is 0 Å². The van der Waals surface area contributed by atoms with Crippen LogP contribution in [0.25, 0.3) is 0 Å². The molecule has 1 atom stereocenters. The number of hydrogen-bond donors (Lipinski definition) is 1. The van der Waals surface area contributed by atoms with Crippen LogP contribution in [0.1, 0.15) is 11.0 Å². The summed E-state index contributed by atoms with van der Waals surface area (Å²) in [4.78, 5) is -1.32. The van der Waals surface area contributed by atoms with E-state index in [0.29, 0.717) is 0 Å². The zero-order chi connectivity index (χ0) is 15.5. The number of halogens is 1. The molecule has 2 aromatic rings. The van der Waals surface area contributed by atoms with Crippen molar-refractivity contribution in [2.45, 2.75) is 20.2 Å². The molecule has 0 fully saturated rings. The molecule has 1 aromatic carbocycles. The largest absolute Gasteiger partial charge is 0.382 e. The van der Waals surface area contributed by atoms with Crippen LogP contribution in [-0.2, 0) is 19.7 Å². The maximum atomic E-state index is 15.2. The van der Waals surface area contributed by atoms with Gasteiger partial charge in [0, 0.05) is 4.88 Å². The molecule has 0 radical (unpaired) electrons. The Morgan fingerprint density at radius 3 is 1.95 bits per heavy atom. The molecular weight excluding hydrogens is 339 g/mol. The van der Waals surface area contributed by atoms with Crippen LogP contribution in [0.4, 0.5) is 4.39 Å². The van der Waals surface area contributed by atoms with E-state index in [1.165, 1.54) is 29.6 Å². The van der Waals surface area contributed by atoms with Crippen molar-refractivity contribution in [3.63, 3.8) is 0 Å². The standard InChI is InChI=1S/C12H9FO5S3/c13-12(11(14)8-4-3-7-19-8)20(15,16)9-5-1-2-6-10(9)21(12,17)18/h1-7,11,14H. The number of aliphatic hydroxyl groups is 1. The maximum Gasteiger partial charge on any atom is 0.347 e. The molecule has 5 nitrogen and oxygen atoms in total. The number of thiophene rings is 1. The third kappa shape index (κ3) is 1.62. The van der Waals surface area contributed by atoms with E-state index < -0.39 is 39.9 Å². The van der Waals surface area contributed by atoms with Gasteiger partial charge in [0.25, 0.3) is 0 Å². The lowest BCUT2D eigenvalue weighted by molar-refractivity contribution is 0.0988. The van der Waals surface area contributed by atoms with E-state index >= 15 is 4.39 Å². The molecule has 21 heavy (non-hydrogen) atoms. The normalized spacial score (nSPS) is 22.6. The van der Waals surface area contributed by atoms with Crippen molar-refractivity contribution < 1.29 is 26.3 Å². The van der Waals surface area contributed by atoms with Gasteiger partial charge in [-0.05, 0) is 23.6 Å². The molecule has 0 spiro atoms. The molecule has 1 unspecified atom stereocenters. The maximum absolute atomic E-state index is 15.2. The van der Waals surface area contributed by atoms with Crippen LogP contribution >= 0.6 is 11.3 Å². The SMILES string of the molecule is O=S1(=O)c2ccccc2S(=O)(=O)C1(F)C(O)c1cccs1. The summed E-state index contributed by atoms with van der Waals surface area (Å²) in [6.07, 6.45) is -2.31. The van der Waals surface area contributed by atoms with Gasteiger partial charge in [0.05, 0.1) is 9.79 Å². The molecule has 1 aromatic heterocycles. The lowest BCUT2D eigenvalue weighted by Crippen LogP contribution is -2.42. The van der Waals surface area contributed by atoms with Crippen molar-refractivity contribution in [1.29, 1.82) is 0 Å². The molecule has 0 bridgehead atoms. The summed E-state index contributed by atoms with van der Waals surface area (Å²) in [7, 11) is -9.75. The topological polar surface area (TPSA) is 88.5 Å². The van der Waals surface area contributed by atoms with Crippen molar-refractivity contribution >= 4 is 31.0 Å². The van der Waals surface area contributed by atoms with Crippen LogP contribution in [0.15, 0.2) is 51.6 Å². The Morgan fingerprint density at radius 2 is 1.52 bits per heavy atom. The second-order valence-electron chi connectivity index (χ2n) is 4.45. The number of aliphatic hydroxyl groups excluding tert-OH is 1. The summed E-state index contributed by atoms with van der Waals surface area (Å²) < 4.78 is 60.8. The average molecular weight is 348 g/mol. The number of alkyl halides is 1. The first kappa shape index (κ1) is 14.6. The summed E-state index contributed by atoms with van der Waals surface area (Å²) in [6, 6.07) is 7.39. The van der Waals surface area contributed by atoms with Gasteiger partial charge in [0.2, 0.25) is 19.7 Å². The highest BCUT2D eigenvalue weighted by molar-refractivity contribution is 8.12. The van der Waals surface area contributed by atoms with Crippen LogP contribution in [0.2, 0.25) is 0 Å². The van der Waals surface area contributed by atoms with Crippen LogP contribution in [0.5, 0.6) is 0 Å². The third-order valence-electron chi connectivity index (χ3n) is 3.30. The van der Waals surface area contributed by atoms with Crippen LogP contribution in [-0.4, -0.2) is 26.3 Å². The number of sulfone groups is 2. The van der Waals surface area contributed by atoms with E-state index in [1.807, 2.05) is 0 Å². The molecule has 0 amide bonds. The molecule has 0 saturated heterocycles. The van der Waals surface area contributed by atoms with E-state index in [-0.39, 0.29) is 4.88 Å². The van der Waals surface area contributed by atoms with E-state index in [0.717, 1.165) is 23.5 Å². The first-order valence-electron chi connectivity index (χ1n) is 5.73. The number of fused-ring (bicyclic) bond motifs is 1. The molecule has 112 valence electrons. The van der Waals surface area contributed by atoms with Gasteiger partial charge >= 0.3 is 4.33 Å². The minimum absolute atomic E-state index is 0.0718. The van der Waals surface area contributed by atoms with Gasteiger partial charge < -0.3 is 5.11 Å². The quantitative estimate of drug-likeness (QED) is 0.892. The predicted molar refractivity (Wildman–Crippen MR) is 73.9 cm³/mol. The molecule has 9 heteroatoms. The molecule has 1 N–H and O–H groups in total. The van der Waals surface area contributed by atoms with Crippen molar-refractivity contribution in [2.75, 3.05) is 0 Å². The monoisotopic (exact) mass is 348 g/mol. The smallest absolute Gasteiger partial charge is 0.347 e. The Kier molecular flexibility index (Phi) is 3.04. The highest BCUT2D eigenvalue weighted by Gasteiger charge is 2.69. The van der Waals surface area contributed by atoms with Crippen LogP contribution in [0.3, 0.4) is 0 Å². The van der Waals surface area contributed by atoms with Crippen LogP contribution in [0, 0.1) is 0 Å². The Hall–Kier alpha value is -1.29. The second kappa shape index (κ2) is 4.35. The van der Waals surface area contributed by atoms with E-state index in [2.05, 4.69) is 0 Å². The highest BCUT2D eigenvalue weighted by Crippen LogP contribution is 2.53. The minimum atomic E-state index is -4.88. The Morgan fingerprint density at radius 1 is 1.00 bits per heavy atom. The minimum Gasteiger partial charge on any atom is -0.382 e. The number of hydrogen-bond acceptors (Lipinski definition) is 6. The Balaban J connectivity index is 2.35. The number of benzene rings is 1. The fraction of sp³-hybridized carbons (Fsp3) is 0.167. The fourth-order valence-corrected chi connectivity index (χ4v) is 8.14. The first-order chi connectivity index (χ1) is 9.74. The average Bonchev–Trinajstić information content (AvgIpc) is 3.02. The van der Waals surface area contributed by atoms with Gasteiger partial charge in [-0.1, -0.05) is 18.2 Å². The van der Waals surface area contributed by atoms with Crippen molar-refractivity contribution in [2.24, 2.45) is 0 Å². The Labute approximate surface area is 124 Å². The van der Waals surface area contributed by atoms with Gasteiger partial charge in [0.1, 0.15) is 0 Å². The third-order valence-corrected chi connectivity index (χ3v) is 9.45. The van der Waals surface area contributed by atoms with Gasteiger partial charge in [-0.25, -0.2) is 21.2 Å². The zero-order valence-electron chi connectivity index (χ0n) is 10.3. The highest BCUT2D eigenvalue weighted by atomic mass is 32.3. The lowest BCUT2D eigenvalue weighted by Gasteiger charge is -2.23. The molecule has 1 aliphatic heterocycles. The number of rotatable bonds is 2. The predicted octanol–water partition coefficient (Wildman–Crippen LogP) is 1.67. The summed E-state index contributed by atoms with van der Waals surface area (Å²) in [5.41, 5.74) is 0. The van der Waals surface area contributed by atoms with Gasteiger partial charge in [-0.2, -0.15) is 0 Å². The molecule has 1 aliphatic rings. The van der Waals surface area contributed by atoms with Crippen molar-refractivity contribution in [3.8, 4) is 0 Å². The van der Waals surface area contributed by atoms with Crippen molar-refractivity contribution in [1.82, 2.24) is 0 Å². The first-order valence-corrected chi connectivity index (χ1v) is 9.58. The molecule has 0 saturated carbocycles. The molecule has 0 aliphatic carbocycles. The lowest BCUT2D eigenvalue weighted by atomic mass is 10.3. The second-order valence-corrected chi connectivity index (χ2v) is 9.77. The molecule has 2 heterocycles. The molecular formula is C12H9FO5S3. The van der Waals surface area contributed by atoms with Gasteiger partial charge in [0.15, 0.2) is 6.10 Å². The van der Waals surface area contributed by atoms with Crippen LogP contribution < -0.4 is 0 Å². The molecule has 3 rings (SSSR count). The van der Waals surface area contributed by atoms with Gasteiger partial charge in [-0.15, -0.1) is 11.3 Å². The summed E-state index contributed by atoms with van der Waals surface area (Å²) in [5.74, 6) is 0. The summed E-state index contributed by atoms with van der Waals surface area (Å²) in [6.45, 7) is 0. The summed E-state index contributed by atoms with van der Waals surface area (Å²) >= 11 is 0.878.